The zero-order chi connectivity index (χ0) is 13.8. The predicted molar refractivity (Wildman–Crippen MR) is 77.1 cm³/mol. The summed E-state index contributed by atoms with van der Waals surface area (Å²) in [6.07, 6.45) is 4.25. The smallest absolute Gasteiger partial charge is 0.161 e. The van der Waals surface area contributed by atoms with Gasteiger partial charge in [0.1, 0.15) is 19.0 Å². The van der Waals surface area contributed by atoms with Crippen molar-refractivity contribution in [3.05, 3.63) is 35.6 Å². The largest absolute Gasteiger partial charge is 0.496 e. The third kappa shape index (κ3) is 2.75. The molecule has 0 aromatic heterocycles. The van der Waals surface area contributed by atoms with Crippen LogP contribution >= 0.6 is 0 Å². The molecular formula is C16H21NO3. The summed E-state index contributed by atoms with van der Waals surface area (Å²) in [6.45, 7) is 5.14. The topological polar surface area (TPSA) is 39.7 Å². The van der Waals surface area contributed by atoms with Crippen molar-refractivity contribution in [1.82, 2.24) is 5.32 Å². The first-order chi connectivity index (χ1) is 9.88. The van der Waals surface area contributed by atoms with Crippen LogP contribution < -0.4 is 14.8 Å². The number of nitrogens with one attached hydrogen (secondary N) is 1. The SMILES string of the molecule is CCCNC(C1=CCCO1)c1ccc2c(c1)OCCO2. The normalized spacial score (nSPS) is 18.4. The Morgan fingerprint density at radius 3 is 2.70 bits per heavy atom. The predicted octanol–water partition coefficient (Wildman–Crippen LogP) is 2.80. The number of hydrogen-bond donors (Lipinski definition) is 1. The summed E-state index contributed by atoms with van der Waals surface area (Å²) in [6, 6.07) is 6.24. The Bertz CT molecular complexity index is 498. The fourth-order valence-corrected chi connectivity index (χ4v) is 2.55. The van der Waals surface area contributed by atoms with Crippen LogP contribution in [0.15, 0.2) is 30.0 Å². The number of ether oxygens (including phenoxy) is 3. The van der Waals surface area contributed by atoms with Gasteiger partial charge >= 0.3 is 0 Å². The van der Waals surface area contributed by atoms with Crippen molar-refractivity contribution in [1.29, 1.82) is 0 Å². The molecule has 1 atom stereocenters. The lowest BCUT2D eigenvalue weighted by Gasteiger charge is -2.23. The first-order valence-corrected chi connectivity index (χ1v) is 7.34. The minimum absolute atomic E-state index is 0.105. The fourth-order valence-electron chi connectivity index (χ4n) is 2.55. The van der Waals surface area contributed by atoms with E-state index in [1.807, 2.05) is 6.07 Å². The second-order valence-corrected chi connectivity index (χ2v) is 5.03. The van der Waals surface area contributed by atoms with E-state index in [0.717, 1.165) is 48.8 Å². The summed E-state index contributed by atoms with van der Waals surface area (Å²) in [4.78, 5) is 0. The summed E-state index contributed by atoms with van der Waals surface area (Å²) in [7, 11) is 0. The van der Waals surface area contributed by atoms with Crippen molar-refractivity contribution in [3.63, 3.8) is 0 Å². The minimum Gasteiger partial charge on any atom is -0.496 e. The molecule has 2 heterocycles. The van der Waals surface area contributed by atoms with Gasteiger partial charge in [-0.3, -0.25) is 0 Å². The summed E-state index contributed by atoms with van der Waals surface area (Å²) >= 11 is 0. The van der Waals surface area contributed by atoms with Crippen LogP contribution in [-0.4, -0.2) is 26.4 Å². The first-order valence-electron chi connectivity index (χ1n) is 7.34. The molecule has 4 heteroatoms. The number of hydrogen-bond acceptors (Lipinski definition) is 4. The van der Waals surface area contributed by atoms with E-state index in [2.05, 4.69) is 30.4 Å². The van der Waals surface area contributed by atoms with Crippen LogP contribution in [0.25, 0.3) is 0 Å². The number of fused-ring (bicyclic) bond motifs is 1. The van der Waals surface area contributed by atoms with Gasteiger partial charge in [-0.2, -0.15) is 0 Å². The highest BCUT2D eigenvalue weighted by atomic mass is 16.6. The first kappa shape index (κ1) is 13.3. The Morgan fingerprint density at radius 1 is 1.10 bits per heavy atom. The van der Waals surface area contributed by atoms with Crippen LogP contribution in [0.1, 0.15) is 31.4 Å². The lowest BCUT2D eigenvalue weighted by atomic mass is 10.0. The highest BCUT2D eigenvalue weighted by Crippen LogP contribution is 2.35. The van der Waals surface area contributed by atoms with Crippen LogP contribution in [0.4, 0.5) is 0 Å². The van der Waals surface area contributed by atoms with E-state index in [9.17, 15) is 0 Å². The van der Waals surface area contributed by atoms with Crippen LogP contribution in [0, 0.1) is 0 Å². The van der Waals surface area contributed by atoms with Gasteiger partial charge in [0.05, 0.1) is 12.6 Å². The Balaban J connectivity index is 1.86. The lowest BCUT2D eigenvalue weighted by molar-refractivity contribution is 0.171. The Hall–Kier alpha value is -1.68. The van der Waals surface area contributed by atoms with Gasteiger partial charge in [0.25, 0.3) is 0 Å². The quantitative estimate of drug-likeness (QED) is 0.897. The van der Waals surface area contributed by atoms with Gasteiger partial charge in [0.2, 0.25) is 0 Å². The second-order valence-electron chi connectivity index (χ2n) is 5.03. The van der Waals surface area contributed by atoms with Crippen molar-refractivity contribution in [2.45, 2.75) is 25.8 Å². The molecule has 1 aromatic rings. The zero-order valence-electron chi connectivity index (χ0n) is 11.9. The molecule has 0 spiro atoms. The molecular weight excluding hydrogens is 254 g/mol. The lowest BCUT2D eigenvalue weighted by Crippen LogP contribution is -2.24. The van der Waals surface area contributed by atoms with Crippen molar-refractivity contribution in [2.24, 2.45) is 0 Å². The molecule has 1 aromatic carbocycles. The van der Waals surface area contributed by atoms with Gasteiger partial charge in [-0.1, -0.05) is 13.0 Å². The Labute approximate surface area is 119 Å². The maximum atomic E-state index is 5.74. The van der Waals surface area contributed by atoms with E-state index in [0.29, 0.717) is 13.2 Å². The summed E-state index contributed by atoms with van der Waals surface area (Å²) in [5, 5.41) is 3.54. The molecule has 108 valence electrons. The number of rotatable bonds is 5. The van der Waals surface area contributed by atoms with Crippen LogP contribution in [0.3, 0.4) is 0 Å². The van der Waals surface area contributed by atoms with Gasteiger partial charge in [0, 0.05) is 6.42 Å². The molecule has 2 aliphatic rings. The fraction of sp³-hybridized carbons (Fsp3) is 0.500. The van der Waals surface area contributed by atoms with Crippen molar-refractivity contribution >= 4 is 0 Å². The minimum atomic E-state index is 0.105. The average Bonchev–Trinajstić information content (AvgIpc) is 3.02. The van der Waals surface area contributed by atoms with Gasteiger partial charge in [0.15, 0.2) is 11.5 Å². The molecule has 20 heavy (non-hydrogen) atoms. The van der Waals surface area contributed by atoms with E-state index in [-0.39, 0.29) is 6.04 Å². The van der Waals surface area contributed by atoms with Crippen LogP contribution in [0.2, 0.25) is 0 Å². The molecule has 3 rings (SSSR count). The number of benzene rings is 1. The van der Waals surface area contributed by atoms with E-state index in [1.54, 1.807) is 0 Å². The molecule has 0 amide bonds. The third-order valence-electron chi connectivity index (χ3n) is 3.51. The van der Waals surface area contributed by atoms with Crippen molar-refractivity contribution in [3.8, 4) is 11.5 Å². The Morgan fingerprint density at radius 2 is 1.95 bits per heavy atom. The van der Waals surface area contributed by atoms with Gasteiger partial charge in [-0.25, -0.2) is 0 Å². The van der Waals surface area contributed by atoms with E-state index in [1.165, 1.54) is 0 Å². The molecule has 0 saturated heterocycles. The average molecular weight is 275 g/mol. The van der Waals surface area contributed by atoms with Crippen molar-refractivity contribution in [2.75, 3.05) is 26.4 Å². The molecule has 1 N–H and O–H groups in total. The van der Waals surface area contributed by atoms with Gasteiger partial charge in [-0.05, 0) is 36.7 Å². The van der Waals surface area contributed by atoms with E-state index >= 15 is 0 Å². The van der Waals surface area contributed by atoms with Gasteiger partial charge < -0.3 is 19.5 Å². The zero-order valence-corrected chi connectivity index (χ0v) is 11.9. The summed E-state index contributed by atoms with van der Waals surface area (Å²) in [5.41, 5.74) is 1.16. The summed E-state index contributed by atoms with van der Waals surface area (Å²) < 4.78 is 17.0. The molecule has 0 radical (unpaired) electrons. The van der Waals surface area contributed by atoms with E-state index in [4.69, 9.17) is 14.2 Å². The molecule has 0 aliphatic carbocycles. The maximum Gasteiger partial charge on any atom is 0.161 e. The molecule has 0 saturated carbocycles. The summed E-state index contributed by atoms with van der Waals surface area (Å²) in [5.74, 6) is 2.68. The van der Waals surface area contributed by atoms with Crippen LogP contribution in [0.5, 0.6) is 11.5 Å². The molecule has 1 unspecified atom stereocenters. The second kappa shape index (κ2) is 6.18. The molecule has 4 nitrogen and oxygen atoms in total. The molecule has 0 fully saturated rings. The van der Waals surface area contributed by atoms with E-state index < -0.39 is 0 Å². The highest BCUT2D eigenvalue weighted by Gasteiger charge is 2.22. The third-order valence-corrected chi connectivity index (χ3v) is 3.51. The molecule has 0 bridgehead atoms. The molecule has 2 aliphatic heterocycles. The Kier molecular flexibility index (Phi) is 4.11. The standard InChI is InChI=1S/C16H21NO3/c1-2-7-17-16(14-4-3-8-18-14)12-5-6-13-15(11-12)20-10-9-19-13/h4-6,11,16-17H,2-3,7-10H2,1H3. The highest BCUT2D eigenvalue weighted by molar-refractivity contribution is 5.45. The maximum absolute atomic E-state index is 5.74. The van der Waals surface area contributed by atoms with Gasteiger partial charge in [-0.15, -0.1) is 0 Å². The monoisotopic (exact) mass is 275 g/mol. The van der Waals surface area contributed by atoms with Crippen LogP contribution in [-0.2, 0) is 4.74 Å². The van der Waals surface area contributed by atoms with Crippen molar-refractivity contribution < 1.29 is 14.2 Å².